The van der Waals surface area contributed by atoms with Crippen LogP contribution in [0.15, 0.2) is 29.7 Å². The molecule has 1 aliphatic rings. The molecular weight excluding hydrogens is 292 g/mol. The summed E-state index contributed by atoms with van der Waals surface area (Å²) >= 11 is 0. The molecule has 0 spiro atoms. The number of hydrogen-bond donors (Lipinski definition) is 1. The molecule has 8 nitrogen and oxygen atoms in total. The standard InChI is InChI=1S/C12H16N6O2S/c1-10-11(8-15-16-10)21(19,20)18-6-4-17(5-7-18)12-9-13-2-3-14-12/h2-3,8-9H,4-7H2,1H3,(H,15,16). The Morgan fingerprint density at radius 2 is 1.90 bits per heavy atom. The summed E-state index contributed by atoms with van der Waals surface area (Å²) in [5.74, 6) is 0.772. The van der Waals surface area contributed by atoms with E-state index in [1.54, 1.807) is 25.5 Å². The summed E-state index contributed by atoms with van der Waals surface area (Å²) in [6.45, 7) is 3.73. The summed E-state index contributed by atoms with van der Waals surface area (Å²) in [4.78, 5) is 10.5. The molecule has 0 aliphatic carbocycles. The van der Waals surface area contributed by atoms with E-state index in [9.17, 15) is 8.42 Å². The van der Waals surface area contributed by atoms with Gasteiger partial charge >= 0.3 is 0 Å². The number of nitrogens with one attached hydrogen (secondary N) is 1. The van der Waals surface area contributed by atoms with Crippen molar-refractivity contribution in [1.82, 2.24) is 24.5 Å². The SMILES string of the molecule is Cc1[nH]ncc1S(=O)(=O)N1CCN(c2cnccn2)CC1. The van der Waals surface area contributed by atoms with E-state index in [0.29, 0.717) is 31.9 Å². The first-order valence-corrected chi connectivity index (χ1v) is 8.04. The third-order valence-electron chi connectivity index (χ3n) is 3.51. The molecule has 1 saturated heterocycles. The molecule has 1 N–H and O–H groups in total. The van der Waals surface area contributed by atoms with Crippen molar-refractivity contribution in [2.75, 3.05) is 31.1 Å². The maximum Gasteiger partial charge on any atom is 0.246 e. The Morgan fingerprint density at radius 1 is 1.14 bits per heavy atom. The molecule has 0 radical (unpaired) electrons. The highest BCUT2D eigenvalue weighted by Crippen LogP contribution is 2.20. The average molecular weight is 308 g/mol. The van der Waals surface area contributed by atoms with Crippen molar-refractivity contribution >= 4 is 15.8 Å². The quantitative estimate of drug-likeness (QED) is 0.859. The minimum Gasteiger partial charge on any atom is -0.353 e. The van der Waals surface area contributed by atoms with Gasteiger partial charge < -0.3 is 4.90 Å². The first-order valence-electron chi connectivity index (χ1n) is 6.60. The van der Waals surface area contributed by atoms with Gasteiger partial charge in [0.15, 0.2) is 0 Å². The Kier molecular flexibility index (Phi) is 3.60. The van der Waals surface area contributed by atoms with Gasteiger partial charge in [-0.25, -0.2) is 13.4 Å². The van der Waals surface area contributed by atoms with Gasteiger partial charge in [-0.1, -0.05) is 0 Å². The second-order valence-corrected chi connectivity index (χ2v) is 6.72. The van der Waals surface area contributed by atoms with Gasteiger partial charge in [-0.15, -0.1) is 0 Å². The van der Waals surface area contributed by atoms with Gasteiger partial charge in [0.25, 0.3) is 0 Å². The van der Waals surface area contributed by atoms with Crippen LogP contribution in [0, 0.1) is 6.92 Å². The predicted octanol–water partition coefficient (Wildman–Crippen LogP) is 0.0190. The second-order valence-electron chi connectivity index (χ2n) is 4.81. The number of aryl methyl sites for hydroxylation is 1. The zero-order valence-corrected chi connectivity index (χ0v) is 12.4. The Labute approximate surface area is 122 Å². The molecule has 3 heterocycles. The lowest BCUT2D eigenvalue weighted by Gasteiger charge is -2.34. The molecule has 0 atom stereocenters. The summed E-state index contributed by atoms with van der Waals surface area (Å²) in [5.41, 5.74) is 0.561. The van der Waals surface area contributed by atoms with E-state index in [1.807, 2.05) is 4.90 Å². The maximum atomic E-state index is 12.5. The van der Waals surface area contributed by atoms with E-state index in [-0.39, 0.29) is 4.90 Å². The van der Waals surface area contributed by atoms with E-state index >= 15 is 0 Å². The third-order valence-corrected chi connectivity index (χ3v) is 5.53. The molecular formula is C12H16N6O2S. The first kappa shape index (κ1) is 14.0. The van der Waals surface area contributed by atoms with Gasteiger partial charge in [0, 0.05) is 38.6 Å². The zero-order valence-electron chi connectivity index (χ0n) is 11.6. The van der Waals surface area contributed by atoms with Crippen molar-refractivity contribution in [3.05, 3.63) is 30.5 Å². The highest BCUT2D eigenvalue weighted by atomic mass is 32.2. The topological polar surface area (TPSA) is 95.1 Å². The van der Waals surface area contributed by atoms with Gasteiger partial charge in [-0.3, -0.25) is 10.1 Å². The number of rotatable bonds is 3. The molecule has 0 unspecified atom stereocenters. The number of aromatic amines is 1. The van der Waals surface area contributed by atoms with E-state index in [4.69, 9.17) is 0 Å². The molecule has 2 aromatic rings. The van der Waals surface area contributed by atoms with Crippen LogP contribution in [0.2, 0.25) is 0 Å². The van der Waals surface area contributed by atoms with Crippen molar-refractivity contribution in [3.63, 3.8) is 0 Å². The Morgan fingerprint density at radius 3 is 2.48 bits per heavy atom. The van der Waals surface area contributed by atoms with Crippen LogP contribution in [-0.4, -0.2) is 59.1 Å². The lowest BCUT2D eigenvalue weighted by molar-refractivity contribution is 0.383. The highest BCUT2D eigenvalue weighted by Gasteiger charge is 2.30. The van der Waals surface area contributed by atoms with Crippen LogP contribution in [-0.2, 0) is 10.0 Å². The van der Waals surface area contributed by atoms with Crippen molar-refractivity contribution in [2.24, 2.45) is 0 Å². The number of H-pyrrole nitrogens is 1. The summed E-state index contributed by atoms with van der Waals surface area (Å²) < 4.78 is 26.5. The zero-order chi connectivity index (χ0) is 14.9. The Hall–Kier alpha value is -2.00. The normalized spacial score (nSPS) is 17.1. The van der Waals surface area contributed by atoms with Crippen LogP contribution in [0.1, 0.15) is 5.69 Å². The smallest absolute Gasteiger partial charge is 0.246 e. The Bertz CT molecular complexity index is 706. The van der Waals surface area contributed by atoms with Gasteiger partial charge in [0.1, 0.15) is 10.7 Å². The molecule has 1 fully saturated rings. The van der Waals surface area contributed by atoms with E-state index in [2.05, 4.69) is 20.2 Å². The highest BCUT2D eigenvalue weighted by molar-refractivity contribution is 7.89. The molecule has 0 saturated carbocycles. The summed E-state index contributed by atoms with van der Waals surface area (Å²) in [6.07, 6.45) is 6.29. The molecule has 9 heteroatoms. The van der Waals surface area contributed by atoms with E-state index < -0.39 is 10.0 Å². The average Bonchev–Trinajstić information content (AvgIpc) is 2.95. The number of hydrogen-bond acceptors (Lipinski definition) is 6. The third kappa shape index (κ3) is 2.61. The summed E-state index contributed by atoms with van der Waals surface area (Å²) in [5, 5.41) is 6.45. The fourth-order valence-electron chi connectivity index (χ4n) is 2.35. The van der Waals surface area contributed by atoms with Crippen molar-refractivity contribution < 1.29 is 8.42 Å². The van der Waals surface area contributed by atoms with Gasteiger partial charge in [0.05, 0.1) is 18.1 Å². The van der Waals surface area contributed by atoms with Gasteiger partial charge in [0.2, 0.25) is 10.0 Å². The lowest BCUT2D eigenvalue weighted by atomic mass is 10.3. The minimum atomic E-state index is -3.48. The molecule has 112 valence electrons. The summed E-state index contributed by atoms with van der Waals surface area (Å²) in [7, 11) is -3.48. The van der Waals surface area contributed by atoms with Crippen molar-refractivity contribution in [2.45, 2.75) is 11.8 Å². The summed E-state index contributed by atoms with van der Waals surface area (Å²) in [6, 6.07) is 0. The Balaban J connectivity index is 1.73. The largest absolute Gasteiger partial charge is 0.353 e. The van der Waals surface area contributed by atoms with Gasteiger partial charge in [-0.2, -0.15) is 9.40 Å². The van der Waals surface area contributed by atoms with Crippen LogP contribution in [0.5, 0.6) is 0 Å². The second kappa shape index (κ2) is 5.41. The lowest BCUT2D eigenvalue weighted by Crippen LogP contribution is -2.49. The van der Waals surface area contributed by atoms with Crippen LogP contribution >= 0.6 is 0 Å². The number of sulfonamides is 1. The minimum absolute atomic E-state index is 0.246. The molecule has 2 aromatic heterocycles. The van der Waals surface area contributed by atoms with Crippen LogP contribution in [0.4, 0.5) is 5.82 Å². The number of aromatic nitrogens is 4. The molecule has 21 heavy (non-hydrogen) atoms. The molecule has 0 aromatic carbocycles. The predicted molar refractivity (Wildman–Crippen MR) is 76.3 cm³/mol. The molecule has 0 bridgehead atoms. The maximum absolute atomic E-state index is 12.5. The number of anilines is 1. The van der Waals surface area contributed by atoms with Crippen LogP contribution in [0.3, 0.4) is 0 Å². The van der Waals surface area contributed by atoms with Crippen LogP contribution in [0.25, 0.3) is 0 Å². The fourth-order valence-corrected chi connectivity index (χ4v) is 3.89. The molecule has 1 aliphatic heterocycles. The van der Waals surface area contributed by atoms with Crippen molar-refractivity contribution in [1.29, 1.82) is 0 Å². The monoisotopic (exact) mass is 308 g/mol. The molecule has 3 rings (SSSR count). The van der Waals surface area contributed by atoms with Crippen LogP contribution < -0.4 is 4.90 Å². The van der Waals surface area contributed by atoms with Gasteiger partial charge in [-0.05, 0) is 6.92 Å². The van der Waals surface area contributed by atoms with Crippen molar-refractivity contribution in [3.8, 4) is 0 Å². The number of piperazine rings is 1. The first-order chi connectivity index (χ1) is 10.1. The fraction of sp³-hybridized carbons (Fsp3) is 0.417. The molecule has 0 amide bonds. The number of nitrogens with zero attached hydrogens (tertiary/aromatic N) is 5. The van der Waals surface area contributed by atoms with E-state index in [1.165, 1.54) is 10.5 Å². The van der Waals surface area contributed by atoms with E-state index in [0.717, 1.165) is 5.82 Å².